The van der Waals surface area contributed by atoms with Crippen molar-refractivity contribution in [2.75, 3.05) is 5.32 Å². The van der Waals surface area contributed by atoms with E-state index in [1.807, 2.05) is 0 Å². The number of anilines is 1. The average molecular weight is 279 g/mol. The largest absolute Gasteiger partial charge is 0.389 e. The van der Waals surface area contributed by atoms with Crippen LogP contribution in [0.1, 0.15) is 32.4 Å². The highest BCUT2D eigenvalue weighted by Crippen LogP contribution is 2.16. The maximum absolute atomic E-state index is 11.8. The lowest BCUT2D eigenvalue weighted by Gasteiger charge is -2.19. The molecule has 1 rings (SSSR count). The summed E-state index contributed by atoms with van der Waals surface area (Å²) in [7, 11) is 0. The zero-order valence-corrected chi connectivity index (χ0v) is 11.9. The van der Waals surface area contributed by atoms with E-state index in [4.69, 9.17) is 5.73 Å². The molecule has 3 amide bonds. The van der Waals surface area contributed by atoms with Crippen molar-refractivity contribution < 1.29 is 14.7 Å². The first-order chi connectivity index (χ1) is 9.31. The highest BCUT2D eigenvalue weighted by atomic mass is 16.3. The average Bonchev–Trinajstić information content (AvgIpc) is 2.35. The first kappa shape index (κ1) is 16.0. The van der Waals surface area contributed by atoms with Crippen LogP contribution in [-0.4, -0.2) is 23.1 Å². The lowest BCUT2D eigenvalue weighted by atomic mass is 10.0. The van der Waals surface area contributed by atoms with Gasteiger partial charge in [0.25, 0.3) is 0 Å². The van der Waals surface area contributed by atoms with Gasteiger partial charge >= 0.3 is 6.03 Å². The second-order valence-corrected chi connectivity index (χ2v) is 5.02. The highest BCUT2D eigenvalue weighted by Gasteiger charge is 2.21. The van der Waals surface area contributed by atoms with Crippen molar-refractivity contribution in [2.24, 2.45) is 11.7 Å². The van der Waals surface area contributed by atoms with E-state index >= 15 is 0 Å². The number of aliphatic hydroxyl groups excluding tert-OH is 1. The third-order valence-electron chi connectivity index (χ3n) is 2.89. The summed E-state index contributed by atoms with van der Waals surface area (Å²) in [6.45, 7) is 5.23. The normalized spacial score (nSPS) is 13.7. The summed E-state index contributed by atoms with van der Waals surface area (Å²) in [5.74, 6) is -0.671. The molecule has 5 N–H and O–H groups in total. The fourth-order valence-corrected chi connectivity index (χ4v) is 1.75. The van der Waals surface area contributed by atoms with Gasteiger partial charge in [0.15, 0.2) is 0 Å². The van der Waals surface area contributed by atoms with Crippen molar-refractivity contribution in [1.82, 2.24) is 5.32 Å². The maximum atomic E-state index is 11.8. The molecule has 0 radical (unpaired) electrons. The van der Waals surface area contributed by atoms with Gasteiger partial charge < -0.3 is 21.5 Å². The van der Waals surface area contributed by atoms with Gasteiger partial charge in [-0.1, -0.05) is 26.0 Å². The molecule has 0 saturated heterocycles. The molecule has 0 spiro atoms. The van der Waals surface area contributed by atoms with Crippen molar-refractivity contribution in [3.63, 3.8) is 0 Å². The number of amides is 3. The van der Waals surface area contributed by atoms with E-state index in [2.05, 4.69) is 10.6 Å². The first-order valence-electron chi connectivity index (χ1n) is 6.46. The number of aliphatic hydroxyl groups is 1. The molecule has 0 aliphatic rings. The molecular formula is C14H21N3O3. The summed E-state index contributed by atoms with van der Waals surface area (Å²) in [6.07, 6.45) is -0.617. The Morgan fingerprint density at radius 2 is 1.90 bits per heavy atom. The molecule has 1 aromatic carbocycles. The SMILES string of the molecule is CC(O)c1cccc(NC(=O)NC(C(N)=O)C(C)C)c1. The molecule has 0 bridgehead atoms. The fourth-order valence-electron chi connectivity index (χ4n) is 1.75. The number of carbonyl (C=O) groups is 2. The minimum Gasteiger partial charge on any atom is -0.389 e. The van der Waals surface area contributed by atoms with Crippen LogP contribution in [0, 0.1) is 5.92 Å². The topological polar surface area (TPSA) is 104 Å². The van der Waals surface area contributed by atoms with Crippen LogP contribution in [-0.2, 0) is 4.79 Å². The summed E-state index contributed by atoms with van der Waals surface area (Å²) in [5, 5.41) is 14.6. The van der Waals surface area contributed by atoms with Crippen LogP contribution >= 0.6 is 0 Å². The van der Waals surface area contributed by atoms with Gasteiger partial charge in [-0.05, 0) is 30.5 Å². The lowest BCUT2D eigenvalue weighted by Crippen LogP contribution is -2.49. The van der Waals surface area contributed by atoms with Crippen molar-refractivity contribution in [3.8, 4) is 0 Å². The second-order valence-electron chi connectivity index (χ2n) is 5.02. The standard InChI is InChI=1S/C14H21N3O3/c1-8(2)12(13(15)19)17-14(20)16-11-6-4-5-10(7-11)9(3)18/h4-9,12,18H,1-3H3,(H2,15,19)(H2,16,17,20). The van der Waals surface area contributed by atoms with Crippen LogP contribution in [0.4, 0.5) is 10.5 Å². The summed E-state index contributed by atoms with van der Waals surface area (Å²) in [5.41, 5.74) is 6.46. The molecular weight excluding hydrogens is 258 g/mol. The van der Waals surface area contributed by atoms with Crippen LogP contribution in [0.3, 0.4) is 0 Å². The molecule has 0 aromatic heterocycles. The predicted molar refractivity (Wildman–Crippen MR) is 77.1 cm³/mol. The maximum Gasteiger partial charge on any atom is 0.319 e. The quantitative estimate of drug-likeness (QED) is 0.654. The van der Waals surface area contributed by atoms with E-state index in [1.54, 1.807) is 45.0 Å². The van der Waals surface area contributed by atoms with Crippen molar-refractivity contribution in [1.29, 1.82) is 0 Å². The third kappa shape index (κ3) is 4.55. The van der Waals surface area contributed by atoms with Gasteiger partial charge in [-0.3, -0.25) is 4.79 Å². The van der Waals surface area contributed by atoms with Crippen molar-refractivity contribution in [3.05, 3.63) is 29.8 Å². The third-order valence-corrected chi connectivity index (χ3v) is 2.89. The minimum absolute atomic E-state index is 0.0953. The van der Waals surface area contributed by atoms with E-state index in [0.29, 0.717) is 11.3 Å². The molecule has 1 aromatic rings. The number of primary amides is 1. The van der Waals surface area contributed by atoms with Gasteiger partial charge in [0, 0.05) is 5.69 Å². The Balaban J connectivity index is 2.71. The van der Waals surface area contributed by atoms with Gasteiger partial charge in [-0.25, -0.2) is 4.79 Å². The smallest absolute Gasteiger partial charge is 0.319 e. The Bertz CT molecular complexity index is 486. The van der Waals surface area contributed by atoms with Gasteiger partial charge in [-0.2, -0.15) is 0 Å². The predicted octanol–water partition coefficient (Wildman–Crippen LogP) is 1.37. The molecule has 6 heteroatoms. The Hall–Kier alpha value is -2.08. The van der Waals surface area contributed by atoms with E-state index < -0.39 is 24.1 Å². The highest BCUT2D eigenvalue weighted by molar-refractivity contribution is 5.93. The molecule has 0 aliphatic carbocycles. The Labute approximate surface area is 118 Å². The summed E-state index contributed by atoms with van der Waals surface area (Å²) in [6, 6.07) is 5.61. The molecule has 110 valence electrons. The number of benzene rings is 1. The Kier molecular flexibility index (Phi) is 5.52. The van der Waals surface area contributed by atoms with Crippen molar-refractivity contribution in [2.45, 2.75) is 32.9 Å². The lowest BCUT2D eigenvalue weighted by molar-refractivity contribution is -0.120. The van der Waals surface area contributed by atoms with Crippen LogP contribution in [0.5, 0.6) is 0 Å². The molecule has 2 atom stereocenters. The van der Waals surface area contributed by atoms with Gasteiger partial charge in [0.2, 0.25) is 5.91 Å². The van der Waals surface area contributed by atoms with E-state index in [0.717, 1.165) is 0 Å². The number of carbonyl (C=O) groups excluding carboxylic acids is 2. The van der Waals surface area contributed by atoms with Gasteiger partial charge in [-0.15, -0.1) is 0 Å². The minimum atomic E-state index is -0.727. The van der Waals surface area contributed by atoms with E-state index in [9.17, 15) is 14.7 Å². The van der Waals surface area contributed by atoms with Gasteiger partial charge in [0.05, 0.1) is 6.10 Å². The molecule has 0 fully saturated rings. The summed E-state index contributed by atoms with van der Waals surface area (Å²) < 4.78 is 0. The molecule has 2 unspecified atom stereocenters. The Morgan fingerprint density at radius 1 is 1.25 bits per heavy atom. The number of nitrogens with one attached hydrogen (secondary N) is 2. The zero-order chi connectivity index (χ0) is 15.3. The summed E-state index contributed by atoms with van der Waals surface area (Å²) >= 11 is 0. The monoisotopic (exact) mass is 279 g/mol. The number of hydrogen-bond acceptors (Lipinski definition) is 3. The van der Waals surface area contributed by atoms with Crippen LogP contribution in [0.15, 0.2) is 24.3 Å². The Morgan fingerprint density at radius 3 is 2.40 bits per heavy atom. The second kappa shape index (κ2) is 6.91. The van der Waals surface area contributed by atoms with Crippen LogP contribution < -0.4 is 16.4 Å². The van der Waals surface area contributed by atoms with Crippen LogP contribution in [0.25, 0.3) is 0 Å². The van der Waals surface area contributed by atoms with Crippen molar-refractivity contribution >= 4 is 17.6 Å². The number of nitrogens with two attached hydrogens (primary N) is 1. The van der Waals surface area contributed by atoms with Gasteiger partial charge in [0.1, 0.15) is 6.04 Å². The van der Waals surface area contributed by atoms with Crippen LogP contribution in [0.2, 0.25) is 0 Å². The number of urea groups is 1. The number of hydrogen-bond donors (Lipinski definition) is 4. The fraction of sp³-hybridized carbons (Fsp3) is 0.429. The molecule has 0 aliphatic heterocycles. The molecule has 0 heterocycles. The molecule has 0 saturated carbocycles. The van der Waals surface area contributed by atoms with E-state index in [1.165, 1.54) is 0 Å². The summed E-state index contributed by atoms with van der Waals surface area (Å²) in [4.78, 5) is 23.0. The number of rotatable bonds is 5. The zero-order valence-electron chi connectivity index (χ0n) is 11.9. The molecule has 20 heavy (non-hydrogen) atoms. The molecule has 6 nitrogen and oxygen atoms in total. The first-order valence-corrected chi connectivity index (χ1v) is 6.46. The van der Waals surface area contributed by atoms with E-state index in [-0.39, 0.29) is 5.92 Å².